The lowest BCUT2D eigenvalue weighted by molar-refractivity contribution is 0.0947. The average Bonchev–Trinajstić information content (AvgIpc) is 2.93. The van der Waals surface area contributed by atoms with E-state index in [1.165, 1.54) is 0 Å². The first kappa shape index (κ1) is 13.3. The molecule has 0 saturated carbocycles. The van der Waals surface area contributed by atoms with E-state index in [2.05, 4.69) is 10.3 Å². The van der Waals surface area contributed by atoms with Crippen molar-refractivity contribution < 1.29 is 9.53 Å². The lowest BCUT2D eigenvalue weighted by atomic mass is 10.1. The Hall–Kier alpha value is -2.14. The highest BCUT2D eigenvalue weighted by Crippen LogP contribution is 2.09. The van der Waals surface area contributed by atoms with E-state index in [9.17, 15) is 4.79 Å². The number of amides is 1. The summed E-state index contributed by atoms with van der Waals surface area (Å²) in [4.78, 5) is 16.0. The number of methoxy groups -OCH3 is 1. The van der Waals surface area contributed by atoms with Gasteiger partial charge < -0.3 is 14.6 Å². The van der Waals surface area contributed by atoms with Crippen molar-refractivity contribution >= 4 is 5.91 Å². The number of rotatable bonds is 6. The zero-order chi connectivity index (χ0) is 13.5. The number of carbonyl (C=O) groups is 1. The minimum Gasteiger partial charge on any atom is -0.380 e. The average molecular weight is 259 g/mol. The summed E-state index contributed by atoms with van der Waals surface area (Å²) in [5.74, 6) is -0.0761. The van der Waals surface area contributed by atoms with Crippen LogP contribution in [-0.2, 0) is 17.9 Å². The molecule has 0 unspecified atom stereocenters. The maximum atomic E-state index is 12.1. The lowest BCUT2D eigenvalue weighted by Gasteiger charge is -2.09. The molecule has 0 bridgehead atoms. The molecule has 19 heavy (non-hydrogen) atoms. The van der Waals surface area contributed by atoms with E-state index in [-0.39, 0.29) is 5.91 Å². The van der Waals surface area contributed by atoms with Crippen molar-refractivity contribution in [3.63, 3.8) is 0 Å². The van der Waals surface area contributed by atoms with Gasteiger partial charge in [0.2, 0.25) is 0 Å². The van der Waals surface area contributed by atoms with Gasteiger partial charge in [-0.1, -0.05) is 18.2 Å². The molecular weight excluding hydrogens is 242 g/mol. The van der Waals surface area contributed by atoms with Crippen LogP contribution in [0.4, 0.5) is 0 Å². The van der Waals surface area contributed by atoms with Gasteiger partial charge in [0.05, 0.1) is 12.9 Å². The Morgan fingerprint density at radius 1 is 1.42 bits per heavy atom. The maximum absolute atomic E-state index is 12.1. The maximum Gasteiger partial charge on any atom is 0.251 e. The van der Waals surface area contributed by atoms with Crippen molar-refractivity contribution in [1.82, 2.24) is 14.9 Å². The summed E-state index contributed by atoms with van der Waals surface area (Å²) < 4.78 is 7.01. The molecule has 0 aliphatic rings. The first-order valence-corrected chi connectivity index (χ1v) is 6.12. The summed E-state index contributed by atoms with van der Waals surface area (Å²) in [6.07, 6.45) is 5.31. The summed E-state index contributed by atoms with van der Waals surface area (Å²) >= 11 is 0. The van der Waals surface area contributed by atoms with Crippen molar-refractivity contribution in [2.75, 3.05) is 13.7 Å². The molecule has 1 aromatic heterocycles. The molecule has 100 valence electrons. The number of ether oxygens (including phenoxy) is 1. The van der Waals surface area contributed by atoms with Crippen LogP contribution in [0.5, 0.6) is 0 Å². The molecule has 0 saturated heterocycles. The third-order valence-corrected chi connectivity index (χ3v) is 2.78. The Morgan fingerprint density at radius 2 is 2.26 bits per heavy atom. The van der Waals surface area contributed by atoms with Gasteiger partial charge in [-0.2, -0.15) is 0 Å². The first-order chi connectivity index (χ1) is 9.31. The van der Waals surface area contributed by atoms with Gasteiger partial charge >= 0.3 is 0 Å². The monoisotopic (exact) mass is 259 g/mol. The molecule has 0 aliphatic carbocycles. The molecule has 0 atom stereocenters. The van der Waals surface area contributed by atoms with Gasteiger partial charge in [-0.05, 0) is 11.6 Å². The first-order valence-electron chi connectivity index (χ1n) is 6.12. The summed E-state index contributed by atoms with van der Waals surface area (Å²) in [7, 11) is 1.62. The lowest BCUT2D eigenvalue weighted by Crippen LogP contribution is -2.27. The van der Waals surface area contributed by atoms with E-state index in [4.69, 9.17) is 4.74 Å². The Morgan fingerprint density at radius 3 is 3.00 bits per heavy atom. The fraction of sp³-hybridized carbons (Fsp3) is 0.286. The predicted octanol–water partition coefficient (Wildman–Crippen LogP) is 1.46. The van der Waals surface area contributed by atoms with Crippen molar-refractivity contribution in [2.24, 2.45) is 0 Å². The third kappa shape index (κ3) is 3.66. The number of nitrogens with zero attached hydrogens (tertiary/aromatic N) is 2. The second-order valence-electron chi connectivity index (χ2n) is 4.15. The zero-order valence-electron chi connectivity index (χ0n) is 10.9. The molecule has 1 aromatic carbocycles. The minimum absolute atomic E-state index is 0.0761. The van der Waals surface area contributed by atoms with Crippen LogP contribution in [0.3, 0.4) is 0 Å². The molecule has 0 fully saturated rings. The van der Waals surface area contributed by atoms with E-state index in [1.54, 1.807) is 25.7 Å². The Bertz CT molecular complexity index is 523. The topological polar surface area (TPSA) is 56.1 Å². The molecule has 0 spiro atoms. The molecule has 0 radical (unpaired) electrons. The fourth-order valence-corrected chi connectivity index (χ4v) is 1.84. The van der Waals surface area contributed by atoms with Crippen LogP contribution in [0.1, 0.15) is 15.9 Å². The molecule has 0 aliphatic heterocycles. The van der Waals surface area contributed by atoms with Gasteiger partial charge in [0.1, 0.15) is 0 Å². The second-order valence-corrected chi connectivity index (χ2v) is 4.15. The number of hydrogen-bond acceptors (Lipinski definition) is 3. The smallest absolute Gasteiger partial charge is 0.251 e. The molecular formula is C14H17N3O2. The van der Waals surface area contributed by atoms with Crippen molar-refractivity contribution in [3.8, 4) is 0 Å². The van der Waals surface area contributed by atoms with Gasteiger partial charge in [-0.3, -0.25) is 4.79 Å². The number of nitrogens with one attached hydrogen (secondary N) is 1. The number of aromatic nitrogens is 2. The van der Waals surface area contributed by atoms with Crippen LogP contribution >= 0.6 is 0 Å². The van der Waals surface area contributed by atoms with Gasteiger partial charge in [-0.25, -0.2) is 4.98 Å². The van der Waals surface area contributed by atoms with Crippen LogP contribution in [0.25, 0.3) is 0 Å². The van der Waals surface area contributed by atoms with E-state index in [0.717, 1.165) is 5.56 Å². The Balaban J connectivity index is 1.92. The Kier molecular flexibility index (Phi) is 4.69. The van der Waals surface area contributed by atoms with Crippen LogP contribution in [-0.4, -0.2) is 29.1 Å². The highest BCUT2D eigenvalue weighted by atomic mass is 16.5. The van der Waals surface area contributed by atoms with Crippen LogP contribution in [0.2, 0.25) is 0 Å². The molecule has 1 N–H and O–H groups in total. The second kappa shape index (κ2) is 6.70. The van der Waals surface area contributed by atoms with Gasteiger partial charge in [0, 0.05) is 38.2 Å². The highest BCUT2D eigenvalue weighted by Gasteiger charge is 2.09. The normalized spacial score (nSPS) is 10.4. The van der Waals surface area contributed by atoms with E-state index < -0.39 is 0 Å². The summed E-state index contributed by atoms with van der Waals surface area (Å²) in [5, 5.41) is 2.89. The molecule has 5 nitrogen and oxygen atoms in total. The third-order valence-electron chi connectivity index (χ3n) is 2.78. The zero-order valence-corrected chi connectivity index (χ0v) is 10.9. The van der Waals surface area contributed by atoms with E-state index in [0.29, 0.717) is 25.3 Å². The largest absolute Gasteiger partial charge is 0.380 e. The summed E-state index contributed by atoms with van der Waals surface area (Å²) in [6, 6.07) is 7.45. The SMILES string of the molecule is COCc1ccccc1C(=O)NCCn1ccnc1. The molecule has 5 heteroatoms. The molecule has 1 amide bonds. The molecule has 2 rings (SSSR count). The van der Waals surface area contributed by atoms with Crippen molar-refractivity contribution in [3.05, 3.63) is 54.1 Å². The number of imidazole rings is 1. The number of hydrogen-bond donors (Lipinski definition) is 1. The number of benzene rings is 1. The van der Waals surface area contributed by atoms with E-state index in [1.807, 2.05) is 29.0 Å². The van der Waals surface area contributed by atoms with Crippen LogP contribution < -0.4 is 5.32 Å². The fourth-order valence-electron chi connectivity index (χ4n) is 1.84. The van der Waals surface area contributed by atoms with Crippen LogP contribution in [0, 0.1) is 0 Å². The standard InChI is InChI=1S/C14H17N3O2/c1-19-10-12-4-2-3-5-13(12)14(18)16-7-9-17-8-6-15-11-17/h2-6,8,11H,7,9-10H2,1H3,(H,16,18). The highest BCUT2D eigenvalue weighted by molar-refractivity contribution is 5.95. The van der Waals surface area contributed by atoms with Crippen LogP contribution in [0.15, 0.2) is 43.0 Å². The molecule has 1 heterocycles. The quantitative estimate of drug-likeness (QED) is 0.854. The van der Waals surface area contributed by atoms with Gasteiger partial charge in [-0.15, -0.1) is 0 Å². The predicted molar refractivity (Wildman–Crippen MR) is 71.7 cm³/mol. The number of carbonyl (C=O) groups excluding carboxylic acids is 1. The van der Waals surface area contributed by atoms with Gasteiger partial charge in [0.15, 0.2) is 0 Å². The van der Waals surface area contributed by atoms with Crippen molar-refractivity contribution in [1.29, 1.82) is 0 Å². The van der Waals surface area contributed by atoms with E-state index >= 15 is 0 Å². The van der Waals surface area contributed by atoms with Gasteiger partial charge in [0.25, 0.3) is 5.91 Å². The summed E-state index contributed by atoms with van der Waals surface area (Å²) in [6.45, 7) is 1.71. The van der Waals surface area contributed by atoms with Crippen molar-refractivity contribution in [2.45, 2.75) is 13.2 Å². The summed E-state index contributed by atoms with van der Waals surface area (Å²) in [5.41, 5.74) is 1.56. The minimum atomic E-state index is -0.0761. The Labute approximate surface area is 112 Å². The molecule has 2 aromatic rings.